The standard InChI is InChI=1S/C12H11Br2N3O2S/c1-7-2-3-9(6-16-7)17-20(18,19)12-10(14)4-8(13)5-11(12)15/h2-6,17H,15H2,1H3. The number of rotatable bonds is 3. The Balaban J connectivity index is 2.43. The van der Waals surface area contributed by atoms with Gasteiger partial charge in [-0.3, -0.25) is 9.71 Å². The lowest BCUT2D eigenvalue weighted by molar-refractivity contribution is 0.601. The van der Waals surface area contributed by atoms with Gasteiger partial charge in [-0.2, -0.15) is 0 Å². The van der Waals surface area contributed by atoms with E-state index in [1.165, 1.54) is 12.3 Å². The number of aryl methyl sites for hydroxylation is 1. The Morgan fingerprint density at radius 3 is 2.50 bits per heavy atom. The van der Waals surface area contributed by atoms with Crippen LogP contribution in [0, 0.1) is 6.92 Å². The Morgan fingerprint density at radius 1 is 1.25 bits per heavy atom. The second kappa shape index (κ2) is 5.71. The van der Waals surface area contributed by atoms with Gasteiger partial charge in [0.25, 0.3) is 10.0 Å². The summed E-state index contributed by atoms with van der Waals surface area (Å²) in [7, 11) is -3.79. The summed E-state index contributed by atoms with van der Waals surface area (Å²) in [5, 5.41) is 0. The fourth-order valence-corrected chi connectivity index (χ4v) is 4.71. The molecule has 2 rings (SSSR count). The molecular formula is C12H11Br2N3O2S. The lowest BCUT2D eigenvalue weighted by atomic mass is 10.3. The molecule has 1 aromatic carbocycles. The van der Waals surface area contributed by atoms with Crippen molar-refractivity contribution in [3.63, 3.8) is 0 Å². The van der Waals surface area contributed by atoms with Gasteiger partial charge in [0, 0.05) is 14.6 Å². The van der Waals surface area contributed by atoms with E-state index in [9.17, 15) is 8.42 Å². The largest absolute Gasteiger partial charge is 0.398 e. The Kier molecular flexibility index (Phi) is 4.36. The van der Waals surface area contributed by atoms with E-state index >= 15 is 0 Å². The van der Waals surface area contributed by atoms with Crippen LogP contribution in [0.5, 0.6) is 0 Å². The van der Waals surface area contributed by atoms with Crippen LogP contribution in [0.4, 0.5) is 11.4 Å². The molecule has 20 heavy (non-hydrogen) atoms. The minimum Gasteiger partial charge on any atom is -0.398 e. The molecule has 0 saturated carbocycles. The summed E-state index contributed by atoms with van der Waals surface area (Å²) in [4.78, 5) is 4.04. The van der Waals surface area contributed by atoms with E-state index in [1.807, 2.05) is 6.92 Å². The molecule has 1 heterocycles. The first-order chi connectivity index (χ1) is 9.29. The number of anilines is 2. The van der Waals surface area contributed by atoms with Crippen LogP contribution in [0.1, 0.15) is 5.69 Å². The molecule has 0 unspecified atom stereocenters. The topological polar surface area (TPSA) is 85.1 Å². The molecule has 3 N–H and O–H groups in total. The number of nitrogen functional groups attached to an aromatic ring is 1. The number of aromatic nitrogens is 1. The van der Waals surface area contributed by atoms with Crippen LogP contribution in [0.2, 0.25) is 0 Å². The zero-order valence-corrected chi connectivity index (χ0v) is 14.4. The second-order valence-electron chi connectivity index (χ2n) is 4.10. The number of sulfonamides is 1. The van der Waals surface area contributed by atoms with E-state index in [4.69, 9.17) is 5.73 Å². The van der Waals surface area contributed by atoms with Crippen molar-refractivity contribution in [3.05, 3.63) is 45.1 Å². The Morgan fingerprint density at radius 2 is 1.95 bits per heavy atom. The predicted molar refractivity (Wildman–Crippen MR) is 86.0 cm³/mol. The molecule has 0 saturated heterocycles. The zero-order chi connectivity index (χ0) is 14.9. The number of nitrogens with one attached hydrogen (secondary N) is 1. The Bertz CT molecular complexity index is 723. The maximum atomic E-state index is 12.4. The molecule has 106 valence electrons. The van der Waals surface area contributed by atoms with E-state index in [0.29, 0.717) is 14.6 Å². The third kappa shape index (κ3) is 3.31. The molecule has 0 spiro atoms. The van der Waals surface area contributed by atoms with Crippen LogP contribution in [-0.4, -0.2) is 13.4 Å². The number of hydrogen-bond acceptors (Lipinski definition) is 4. The Labute approximate surface area is 133 Å². The van der Waals surface area contributed by atoms with E-state index in [1.54, 1.807) is 18.2 Å². The number of hydrogen-bond donors (Lipinski definition) is 2. The maximum Gasteiger partial charge on any atom is 0.265 e. The van der Waals surface area contributed by atoms with Crippen molar-refractivity contribution < 1.29 is 8.42 Å². The van der Waals surface area contributed by atoms with Gasteiger partial charge in [0.2, 0.25) is 0 Å². The van der Waals surface area contributed by atoms with Crippen molar-refractivity contribution in [3.8, 4) is 0 Å². The lowest BCUT2D eigenvalue weighted by Gasteiger charge is -2.12. The van der Waals surface area contributed by atoms with Crippen LogP contribution in [0.25, 0.3) is 0 Å². The monoisotopic (exact) mass is 419 g/mol. The summed E-state index contributed by atoms with van der Waals surface area (Å²) in [5.41, 5.74) is 7.13. The van der Waals surface area contributed by atoms with Gasteiger partial charge in [0.15, 0.2) is 0 Å². The van der Waals surface area contributed by atoms with Crippen LogP contribution < -0.4 is 10.5 Å². The highest BCUT2D eigenvalue weighted by molar-refractivity contribution is 9.11. The molecule has 0 aliphatic rings. The summed E-state index contributed by atoms with van der Waals surface area (Å²) >= 11 is 6.47. The molecule has 0 amide bonds. The molecule has 0 aliphatic heterocycles. The first-order valence-electron chi connectivity index (χ1n) is 5.49. The lowest BCUT2D eigenvalue weighted by Crippen LogP contribution is -2.15. The SMILES string of the molecule is Cc1ccc(NS(=O)(=O)c2c(N)cc(Br)cc2Br)cn1. The molecule has 0 bridgehead atoms. The fraction of sp³-hybridized carbons (Fsp3) is 0.0833. The first kappa shape index (κ1) is 15.3. The van der Waals surface area contributed by atoms with E-state index in [0.717, 1.165) is 5.69 Å². The molecule has 0 radical (unpaired) electrons. The third-order valence-corrected chi connectivity index (χ3v) is 5.31. The van der Waals surface area contributed by atoms with Crippen LogP contribution >= 0.6 is 31.9 Å². The summed E-state index contributed by atoms with van der Waals surface area (Å²) in [6.45, 7) is 1.82. The van der Waals surface area contributed by atoms with Crippen molar-refractivity contribution in [1.82, 2.24) is 4.98 Å². The van der Waals surface area contributed by atoms with Crippen molar-refractivity contribution in [1.29, 1.82) is 0 Å². The first-order valence-corrected chi connectivity index (χ1v) is 8.56. The average molecular weight is 421 g/mol. The molecule has 1 aromatic heterocycles. The van der Waals surface area contributed by atoms with Gasteiger partial charge in [-0.05, 0) is 47.1 Å². The van der Waals surface area contributed by atoms with Crippen molar-refractivity contribution in [2.75, 3.05) is 10.5 Å². The summed E-state index contributed by atoms with van der Waals surface area (Å²) in [6.07, 6.45) is 1.45. The number of pyridine rings is 1. The van der Waals surface area contributed by atoms with Gasteiger partial charge in [-0.1, -0.05) is 15.9 Å². The molecular weight excluding hydrogens is 410 g/mol. The molecule has 0 aliphatic carbocycles. The van der Waals surface area contributed by atoms with Gasteiger partial charge in [-0.15, -0.1) is 0 Å². The van der Waals surface area contributed by atoms with Crippen LogP contribution in [-0.2, 0) is 10.0 Å². The van der Waals surface area contributed by atoms with Gasteiger partial charge >= 0.3 is 0 Å². The Hall–Kier alpha value is -1.12. The van der Waals surface area contributed by atoms with Crippen LogP contribution in [0.3, 0.4) is 0 Å². The van der Waals surface area contributed by atoms with E-state index in [2.05, 4.69) is 41.6 Å². The minimum atomic E-state index is -3.79. The van der Waals surface area contributed by atoms with Crippen molar-refractivity contribution in [2.45, 2.75) is 11.8 Å². The highest BCUT2D eigenvalue weighted by Crippen LogP contribution is 2.32. The normalized spacial score (nSPS) is 11.3. The number of nitrogens with two attached hydrogens (primary N) is 1. The molecule has 5 nitrogen and oxygen atoms in total. The molecule has 2 aromatic rings. The van der Waals surface area contributed by atoms with E-state index < -0.39 is 10.0 Å². The quantitative estimate of drug-likeness (QED) is 0.746. The second-order valence-corrected chi connectivity index (χ2v) is 7.49. The fourth-order valence-electron chi connectivity index (χ4n) is 1.60. The van der Waals surface area contributed by atoms with Crippen molar-refractivity contribution in [2.24, 2.45) is 0 Å². The summed E-state index contributed by atoms with van der Waals surface area (Å²) < 4.78 is 28.3. The number of nitrogens with zero attached hydrogens (tertiary/aromatic N) is 1. The zero-order valence-electron chi connectivity index (χ0n) is 10.4. The van der Waals surface area contributed by atoms with Gasteiger partial charge in [0.05, 0.1) is 17.6 Å². The third-order valence-electron chi connectivity index (χ3n) is 2.47. The highest BCUT2D eigenvalue weighted by atomic mass is 79.9. The predicted octanol–water partition coefficient (Wildman–Crippen LogP) is 3.30. The highest BCUT2D eigenvalue weighted by Gasteiger charge is 2.21. The van der Waals surface area contributed by atoms with Crippen molar-refractivity contribution >= 4 is 53.3 Å². The van der Waals surface area contributed by atoms with Gasteiger partial charge in [-0.25, -0.2) is 8.42 Å². The minimum absolute atomic E-state index is 0.00118. The maximum absolute atomic E-state index is 12.4. The molecule has 8 heteroatoms. The number of halogens is 2. The van der Waals surface area contributed by atoms with Gasteiger partial charge in [0.1, 0.15) is 4.90 Å². The summed E-state index contributed by atoms with van der Waals surface area (Å²) in [6, 6.07) is 6.52. The van der Waals surface area contributed by atoms with E-state index in [-0.39, 0.29) is 10.6 Å². The summed E-state index contributed by atoms with van der Waals surface area (Å²) in [5.74, 6) is 0. The van der Waals surface area contributed by atoms with Crippen LogP contribution in [0.15, 0.2) is 44.3 Å². The molecule has 0 atom stereocenters. The smallest absolute Gasteiger partial charge is 0.265 e. The average Bonchev–Trinajstić information content (AvgIpc) is 2.30. The number of benzene rings is 1. The van der Waals surface area contributed by atoms with Gasteiger partial charge < -0.3 is 5.73 Å². The molecule has 0 fully saturated rings.